The van der Waals surface area contributed by atoms with Crippen molar-refractivity contribution in [3.05, 3.63) is 63.5 Å². The smallest absolute Gasteiger partial charge is 0.226 e. The van der Waals surface area contributed by atoms with E-state index >= 15 is 0 Å². The average Bonchev–Trinajstić information content (AvgIpc) is 2.91. The maximum Gasteiger partial charge on any atom is 0.226 e. The van der Waals surface area contributed by atoms with E-state index in [1.165, 1.54) is 24.3 Å². The van der Waals surface area contributed by atoms with E-state index in [2.05, 4.69) is 10.3 Å². The molecule has 8 heteroatoms. The number of nitrogens with zero attached hydrogens (tertiary/aromatic N) is 1. The van der Waals surface area contributed by atoms with Crippen molar-refractivity contribution in [3.8, 4) is 0 Å². The first-order valence-corrected chi connectivity index (χ1v) is 9.92. The summed E-state index contributed by atoms with van der Waals surface area (Å²) in [6.07, 6.45) is 0. The van der Waals surface area contributed by atoms with Gasteiger partial charge in [-0.05, 0) is 43.3 Å². The number of halogens is 2. The number of thiazole rings is 1. The van der Waals surface area contributed by atoms with E-state index in [-0.39, 0.29) is 14.3 Å². The highest BCUT2D eigenvalue weighted by Crippen LogP contribution is 2.35. The summed E-state index contributed by atoms with van der Waals surface area (Å²) in [5.74, 6) is 0. The number of rotatable bonds is 4. The number of nitrogens with one attached hydrogen (secondary N) is 1. The molecule has 3 rings (SSSR count). The Kier molecular flexibility index (Phi) is 4.83. The van der Waals surface area contributed by atoms with Crippen LogP contribution < -0.4 is 5.32 Å². The molecule has 1 aromatic heterocycles. The fourth-order valence-corrected chi connectivity index (χ4v) is 4.95. The largest absolute Gasteiger partial charge is 0.331 e. The van der Waals surface area contributed by atoms with Gasteiger partial charge in [0.2, 0.25) is 9.84 Å². The molecule has 0 radical (unpaired) electrons. The van der Waals surface area contributed by atoms with Gasteiger partial charge in [-0.25, -0.2) is 13.4 Å². The van der Waals surface area contributed by atoms with Gasteiger partial charge in [-0.1, -0.05) is 52.2 Å². The lowest BCUT2D eigenvalue weighted by Gasteiger charge is -2.03. The van der Waals surface area contributed by atoms with Gasteiger partial charge in [0.25, 0.3) is 0 Å². The van der Waals surface area contributed by atoms with Crippen LogP contribution in [-0.2, 0) is 9.84 Å². The third-order valence-electron chi connectivity index (χ3n) is 3.24. The molecular formula is C16H12Cl2N2O2S2. The van der Waals surface area contributed by atoms with Crippen LogP contribution in [0.4, 0.5) is 10.8 Å². The van der Waals surface area contributed by atoms with Crippen molar-refractivity contribution in [2.24, 2.45) is 0 Å². The molecule has 0 aliphatic heterocycles. The van der Waals surface area contributed by atoms with Crippen LogP contribution in [-0.4, -0.2) is 13.4 Å². The van der Waals surface area contributed by atoms with Gasteiger partial charge in [0.15, 0.2) is 10.2 Å². The number of sulfone groups is 1. The van der Waals surface area contributed by atoms with E-state index in [1.807, 2.05) is 31.2 Å². The lowest BCUT2D eigenvalue weighted by atomic mass is 10.2. The van der Waals surface area contributed by atoms with Crippen LogP contribution in [0.25, 0.3) is 0 Å². The van der Waals surface area contributed by atoms with Crippen LogP contribution >= 0.6 is 34.5 Å². The van der Waals surface area contributed by atoms with Crippen molar-refractivity contribution >= 4 is 55.2 Å². The highest BCUT2D eigenvalue weighted by Gasteiger charge is 2.25. The minimum absolute atomic E-state index is 0.0981. The minimum Gasteiger partial charge on any atom is -0.331 e. The topological polar surface area (TPSA) is 59.1 Å². The van der Waals surface area contributed by atoms with Gasteiger partial charge in [-0.3, -0.25) is 0 Å². The molecule has 3 aromatic rings. The Balaban J connectivity index is 1.93. The number of benzene rings is 2. The van der Waals surface area contributed by atoms with Crippen LogP contribution in [0.3, 0.4) is 0 Å². The van der Waals surface area contributed by atoms with Crippen molar-refractivity contribution in [3.63, 3.8) is 0 Å². The van der Waals surface area contributed by atoms with Gasteiger partial charge in [-0.15, -0.1) is 0 Å². The number of aromatic nitrogens is 1. The molecule has 0 fully saturated rings. The predicted molar refractivity (Wildman–Crippen MR) is 98.5 cm³/mol. The maximum absolute atomic E-state index is 12.7. The Morgan fingerprint density at radius 3 is 2.25 bits per heavy atom. The fraction of sp³-hybridized carbons (Fsp3) is 0.0625. The molecule has 0 aliphatic rings. The zero-order valence-electron chi connectivity index (χ0n) is 12.5. The minimum atomic E-state index is -3.80. The second kappa shape index (κ2) is 6.72. The van der Waals surface area contributed by atoms with Gasteiger partial charge in [0.05, 0.1) is 4.90 Å². The molecule has 0 aliphatic carbocycles. The van der Waals surface area contributed by atoms with Crippen molar-refractivity contribution in [2.45, 2.75) is 16.8 Å². The fourth-order valence-electron chi connectivity index (χ4n) is 1.99. The zero-order chi connectivity index (χ0) is 17.3. The molecule has 0 saturated heterocycles. The predicted octanol–water partition coefficient (Wildman–Crippen LogP) is 5.33. The van der Waals surface area contributed by atoms with Crippen LogP contribution in [0.2, 0.25) is 9.36 Å². The van der Waals surface area contributed by atoms with Gasteiger partial charge < -0.3 is 5.32 Å². The van der Waals surface area contributed by atoms with E-state index < -0.39 is 9.84 Å². The Labute approximate surface area is 154 Å². The van der Waals surface area contributed by atoms with Gasteiger partial charge in [0.1, 0.15) is 4.34 Å². The molecule has 4 nitrogen and oxygen atoms in total. The lowest BCUT2D eigenvalue weighted by Crippen LogP contribution is -2.03. The van der Waals surface area contributed by atoms with Crippen LogP contribution in [0, 0.1) is 6.92 Å². The van der Waals surface area contributed by atoms with Crippen LogP contribution in [0.1, 0.15) is 5.56 Å². The molecule has 1 N–H and O–H groups in total. The van der Waals surface area contributed by atoms with E-state index in [0.29, 0.717) is 10.2 Å². The number of anilines is 2. The molecule has 24 heavy (non-hydrogen) atoms. The summed E-state index contributed by atoms with van der Waals surface area (Å²) < 4.78 is 25.4. The Hall–Kier alpha value is -1.60. The van der Waals surface area contributed by atoms with Crippen molar-refractivity contribution in [2.75, 3.05) is 5.32 Å². The summed E-state index contributed by atoms with van der Waals surface area (Å²) in [4.78, 5) is 4.25. The summed E-state index contributed by atoms with van der Waals surface area (Å²) in [6, 6.07) is 13.6. The van der Waals surface area contributed by atoms with Crippen molar-refractivity contribution in [1.82, 2.24) is 4.98 Å². The molecule has 0 amide bonds. The summed E-state index contributed by atoms with van der Waals surface area (Å²) in [5.41, 5.74) is 1.94. The number of hydrogen-bond donors (Lipinski definition) is 1. The first-order chi connectivity index (χ1) is 11.4. The normalized spacial score (nSPS) is 11.5. The Bertz CT molecular complexity index is 966. The molecule has 1 heterocycles. The van der Waals surface area contributed by atoms with Gasteiger partial charge in [0, 0.05) is 10.7 Å². The first kappa shape index (κ1) is 17.2. The highest BCUT2D eigenvalue weighted by molar-refractivity contribution is 7.91. The quantitative estimate of drug-likeness (QED) is 0.644. The van der Waals surface area contributed by atoms with Crippen LogP contribution in [0.5, 0.6) is 0 Å². The monoisotopic (exact) mass is 398 g/mol. The lowest BCUT2D eigenvalue weighted by molar-refractivity contribution is 0.593. The van der Waals surface area contributed by atoms with E-state index in [0.717, 1.165) is 22.6 Å². The first-order valence-electron chi connectivity index (χ1n) is 6.87. The third kappa shape index (κ3) is 3.57. The van der Waals surface area contributed by atoms with Crippen molar-refractivity contribution < 1.29 is 8.42 Å². The van der Waals surface area contributed by atoms with Gasteiger partial charge in [-0.2, -0.15) is 0 Å². The third-order valence-corrected chi connectivity index (χ3v) is 6.60. The molecule has 2 aromatic carbocycles. The van der Waals surface area contributed by atoms with Crippen LogP contribution in [0.15, 0.2) is 58.5 Å². The molecule has 124 valence electrons. The zero-order valence-corrected chi connectivity index (χ0v) is 15.6. The summed E-state index contributed by atoms with van der Waals surface area (Å²) in [6.45, 7) is 1.99. The van der Waals surface area contributed by atoms with E-state index in [9.17, 15) is 8.42 Å². The summed E-state index contributed by atoms with van der Waals surface area (Å²) >= 11 is 13.0. The number of hydrogen-bond acceptors (Lipinski definition) is 5. The Morgan fingerprint density at radius 2 is 1.62 bits per heavy atom. The average molecular weight is 399 g/mol. The summed E-state index contributed by atoms with van der Waals surface area (Å²) in [5, 5.41) is 3.77. The van der Waals surface area contributed by atoms with Crippen molar-refractivity contribution in [1.29, 1.82) is 0 Å². The highest BCUT2D eigenvalue weighted by atomic mass is 35.5. The molecule has 0 unspecified atom stereocenters. The molecular weight excluding hydrogens is 387 g/mol. The maximum atomic E-state index is 12.7. The van der Waals surface area contributed by atoms with Gasteiger partial charge >= 0.3 is 0 Å². The summed E-state index contributed by atoms with van der Waals surface area (Å²) in [7, 11) is -3.80. The molecule has 0 spiro atoms. The second-order valence-electron chi connectivity index (χ2n) is 5.05. The molecule has 0 atom stereocenters. The molecule has 0 bridgehead atoms. The van der Waals surface area contributed by atoms with E-state index in [4.69, 9.17) is 23.2 Å². The number of aryl methyl sites for hydroxylation is 1. The second-order valence-corrected chi connectivity index (χ2v) is 8.95. The standard InChI is InChI=1S/C16H12Cl2N2O2S2/c1-10-2-6-12(7-3-10)19-16-20-15(14(18)23-16)24(21,22)13-8-4-11(17)5-9-13/h2-9H,1H3,(H,19,20). The van der Waals surface area contributed by atoms with E-state index in [1.54, 1.807) is 0 Å². The Morgan fingerprint density at radius 1 is 1.00 bits per heavy atom. The molecule has 0 saturated carbocycles. The SMILES string of the molecule is Cc1ccc(Nc2nc(S(=O)(=O)c3ccc(Cl)cc3)c(Cl)s2)cc1.